The molecule has 0 spiro atoms. The summed E-state index contributed by atoms with van der Waals surface area (Å²) in [6.07, 6.45) is 1.59. The zero-order valence-corrected chi connectivity index (χ0v) is 18.4. The van der Waals surface area contributed by atoms with Crippen molar-refractivity contribution < 1.29 is 27.4 Å². The fourth-order valence-electron chi connectivity index (χ4n) is 2.68. The first-order valence-electron chi connectivity index (χ1n) is 8.70. The molecule has 8 nitrogen and oxygen atoms in total. The van der Waals surface area contributed by atoms with Gasteiger partial charge in [-0.15, -0.1) is 4.40 Å². The second-order valence-electron chi connectivity index (χ2n) is 6.21. The van der Waals surface area contributed by atoms with Crippen molar-refractivity contribution in [2.24, 2.45) is 4.40 Å². The van der Waals surface area contributed by atoms with Gasteiger partial charge in [-0.3, -0.25) is 10.1 Å². The Morgan fingerprint density at radius 2 is 1.60 bits per heavy atom. The predicted octanol–water partition coefficient (Wildman–Crippen LogP) is 2.97. The van der Waals surface area contributed by atoms with Gasteiger partial charge in [0.25, 0.3) is 15.9 Å². The average molecular weight is 449 g/mol. The molecule has 1 heterocycles. The van der Waals surface area contributed by atoms with Crippen LogP contribution in [0.1, 0.15) is 11.1 Å². The molecule has 0 saturated carbocycles. The summed E-state index contributed by atoms with van der Waals surface area (Å²) in [6, 6.07) is 9.68. The van der Waals surface area contributed by atoms with E-state index in [1.165, 1.54) is 33.5 Å². The molecule has 0 atom stereocenters. The smallest absolute Gasteiger partial charge is 0.284 e. The first kappa shape index (κ1) is 21.7. The highest BCUT2D eigenvalue weighted by Crippen LogP contribution is 2.39. The van der Waals surface area contributed by atoms with Crippen LogP contribution >= 0.6 is 11.8 Å². The van der Waals surface area contributed by atoms with E-state index in [1.807, 2.05) is 6.92 Å². The maximum Gasteiger partial charge on any atom is 0.284 e. The van der Waals surface area contributed by atoms with Crippen LogP contribution in [-0.2, 0) is 14.8 Å². The highest BCUT2D eigenvalue weighted by atomic mass is 32.2. The van der Waals surface area contributed by atoms with E-state index in [-0.39, 0.29) is 15.0 Å². The second kappa shape index (κ2) is 8.80. The zero-order chi connectivity index (χ0) is 21.9. The van der Waals surface area contributed by atoms with Gasteiger partial charge in [-0.25, -0.2) is 0 Å². The molecule has 3 rings (SSSR count). The molecule has 1 aliphatic rings. The van der Waals surface area contributed by atoms with Crippen LogP contribution in [0.2, 0.25) is 0 Å². The van der Waals surface area contributed by atoms with E-state index in [2.05, 4.69) is 9.71 Å². The number of hydrogen-bond acceptors (Lipinski definition) is 7. The van der Waals surface area contributed by atoms with Gasteiger partial charge in [-0.2, -0.15) is 8.42 Å². The molecule has 0 aromatic heterocycles. The van der Waals surface area contributed by atoms with Crippen LogP contribution in [0.15, 0.2) is 50.6 Å². The van der Waals surface area contributed by atoms with Crippen molar-refractivity contribution in [1.29, 1.82) is 0 Å². The van der Waals surface area contributed by atoms with Crippen molar-refractivity contribution >= 4 is 38.9 Å². The van der Waals surface area contributed by atoms with E-state index >= 15 is 0 Å². The van der Waals surface area contributed by atoms with Gasteiger partial charge in [0.15, 0.2) is 16.7 Å². The fraction of sp³-hybridized carbons (Fsp3) is 0.200. The quantitative estimate of drug-likeness (QED) is 0.678. The first-order valence-corrected chi connectivity index (χ1v) is 11.0. The summed E-state index contributed by atoms with van der Waals surface area (Å²) < 4.78 is 44.6. The van der Waals surface area contributed by atoms with Crippen LogP contribution in [0.25, 0.3) is 6.08 Å². The summed E-state index contributed by atoms with van der Waals surface area (Å²) in [4.78, 5) is 12.7. The number of sulfonamides is 1. The van der Waals surface area contributed by atoms with Crippen molar-refractivity contribution in [3.63, 3.8) is 0 Å². The predicted molar refractivity (Wildman–Crippen MR) is 116 cm³/mol. The fourth-order valence-corrected chi connectivity index (χ4v) is 4.66. The Balaban J connectivity index is 1.91. The van der Waals surface area contributed by atoms with Gasteiger partial charge in [0.2, 0.25) is 5.75 Å². The largest absolute Gasteiger partial charge is 0.493 e. The van der Waals surface area contributed by atoms with Gasteiger partial charge in [0, 0.05) is 0 Å². The molecule has 0 radical (unpaired) electrons. The highest BCUT2D eigenvalue weighted by Gasteiger charge is 2.27. The lowest BCUT2D eigenvalue weighted by Crippen LogP contribution is -2.20. The molecule has 1 N–H and O–H groups in total. The monoisotopic (exact) mass is 448 g/mol. The molecule has 30 heavy (non-hydrogen) atoms. The van der Waals surface area contributed by atoms with Crippen LogP contribution < -0.4 is 19.5 Å². The van der Waals surface area contributed by atoms with E-state index in [0.29, 0.717) is 22.8 Å². The molecular formula is C20H20N2O6S2. The molecule has 158 valence electrons. The Bertz CT molecular complexity index is 1110. The Labute approximate surface area is 179 Å². The summed E-state index contributed by atoms with van der Waals surface area (Å²) in [5.41, 5.74) is 1.55. The maximum absolute atomic E-state index is 12.5. The van der Waals surface area contributed by atoms with E-state index in [9.17, 15) is 13.2 Å². The molecule has 10 heteroatoms. The van der Waals surface area contributed by atoms with E-state index in [1.54, 1.807) is 30.3 Å². The SMILES string of the molecule is COc1cc(C=C2S/C(=N/S(=O)(=O)c3ccc(C)cc3)NC2=O)cc(OC)c1OC. The van der Waals surface area contributed by atoms with Crippen molar-refractivity contribution in [3.8, 4) is 17.2 Å². The Morgan fingerprint density at radius 3 is 2.13 bits per heavy atom. The number of amides is 1. The standard InChI is InChI=1S/C20H20N2O6S2/c1-12-5-7-14(8-6-12)30(24,25)22-20-21-19(23)17(29-20)11-13-9-15(26-2)18(28-4)16(10-13)27-3/h5-11H,1-4H3,(H,21,22,23). The summed E-state index contributed by atoms with van der Waals surface area (Å²) in [5.74, 6) is 0.842. The number of carbonyl (C=O) groups is 1. The summed E-state index contributed by atoms with van der Waals surface area (Å²) in [7, 11) is 0.538. The second-order valence-corrected chi connectivity index (χ2v) is 8.84. The van der Waals surface area contributed by atoms with Crippen LogP contribution in [0, 0.1) is 6.92 Å². The molecule has 0 unspecified atom stereocenters. The number of nitrogens with one attached hydrogen (secondary N) is 1. The molecule has 1 aliphatic heterocycles. The maximum atomic E-state index is 12.5. The molecular weight excluding hydrogens is 428 g/mol. The normalized spacial score (nSPS) is 16.6. The lowest BCUT2D eigenvalue weighted by Gasteiger charge is -2.12. The average Bonchev–Trinajstić information content (AvgIpc) is 3.05. The molecule has 2 aromatic carbocycles. The third-order valence-corrected chi connectivity index (χ3v) is 6.47. The number of ether oxygens (including phenoxy) is 3. The Morgan fingerprint density at radius 1 is 1.00 bits per heavy atom. The topological polar surface area (TPSA) is 103 Å². The Hall–Kier alpha value is -2.98. The highest BCUT2D eigenvalue weighted by molar-refractivity contribution is 8.19. The minimum Gasteiger partial charge on any atom is -0.493 e. The number of hydrogen-bond donors (Lipinski definition) is 1. The molecule has 0 bridgehead atoms. The minimum absolute atomic E-state index is 0.0146. The van der Waals surface area contributed by atoms with E-state index in [0.717, 1.165) is 17.3 Å². The van der Waals surface area contributed by atoms with Crippen molar-refractivity contribution in [1.82, 2.24) is 5.32 Å². The number of methoxy groups -OCH3 is 3. The number of nitrogens with zero attached hydrogens (tertiary/aromatic N) is 1. The van der Waals surface area contributed by atoms with Crippen LogP contribution in [0.4, 0.5) is 0 Å². The summed E-state index contributed by atoms with van der Waals surface area (Å²) in [6.45, 7) is 1.86. The van der Waals surface area contributed by atoms with Crippen LogP contribution in [-0.4, -0.2) is 40.8 Å². The third-order valence-electron chi connectivity index (χ3n) is 4.16. The zero-order valence-electron chi connectivity index (χ0n) is 16.8. The van der Waals surface area contributed by atoms with Gasteiger partial charge in [0.05, 0.1) is 31.1 Å². The van der Waals surface area contributed by atoms with E-state index < -0.39 is 15.9 Å². The van der Waals surface area contributed by atoms with Crippen LogP contribution in [0.3, 0.4) is 0 Å². The number of rotatable bonds is 6. The lowest BCUT2D eigenvalue weighted by molar-refractivity contribution is -0.115. The summed E-state index contributed by atoms with van der Waals surface area (Å²) in [5, 5.41) is 2.47. The molecule has 1 saturated heterocycles. The molecule has 1 fully saturated rings. The Kier molecular flexibility index (Phi) is 6.37. The minimum atomic E-state index is -3.94. The lowest BCUT2D eigenvalue weighted by atomic mass is 10.1. The van der Waals surface area contributed by atoms with Gasteiger partial charge < -0.3 is 14.2 Å². The molecule has 1 amide bonds. The van der Waals surface area contributed by atoms with Crippen molar-refractivity contribution in [3.05, 3.63) is 52.4 Å². The number of aryl methyl sites for hydroxylation is 1. The number of thioether (sulfide) groups is 1. The third kappa shape index (κ3) is 4.60. The van der Waals surface area contributed by atoms with Gasteiger partial charge in [-0.1, -0.05) is 17.7 Å². The molecule has 0 aliphatic carbocycles. The van der Waals surface area contributed by atoms with Crippen molar-refractivity contribution in [2.45, 2.75) is 11.8 Å². The summed E-state index contributed by atoms with van der Waals surface area (Å²) >= 11 is 0.934. The van der Waals surface area contributed by atoms with Gasteiger partial charge >= 0.3 is 0 Å². The number of carbonyl (C=O) groups excluding carboxylic acids is 1. The first-order chi connectivity index (χ1) is 14.3. The van der Waals surface area contributed by atoms with E-state index in [4.69, 9.17) is 14.2 Å². The van der Waals surface area contributed by atoms with Gasteiger partial charge in [0.1, 0.15) is 0 Å². The van der Waals surface area contributed by atoms with Crippen LogP contribution in [0.5, 0.6) is 17.2 Å². The van der Waals surface area contributed by atoms with Crippen molar-refractivity contribution in [2.75, 3.05) is 21.3 Å². The van der Waals surface area contributed by atoms with Gasteiger partial charge in [-0.05, 0) is 54.6 Å². The number of amidine groups is 1. The number of benzene rings is 2. The molecule has 2 aromatic rings.